The van der Waals surface area contributed by atoms with E-state index in [1.165, 1.54) is 35.2 Å². The molecule has 1 N–H and O–H groups in total. The summed E-state index contributed by atoms with van der Waals surface area (Å²) in [6, 6.07) is 9.29. The van der Waals surface area contributed by atoms with Crippen molar-refractivity contribution in [2.45, 2.75) is 57.6 Å². The minimum atomic E-state index is 0.180. The molecular formula is C26H37N3O2S. The molecule has 2 aliphatic heterocycles. The van der Waals surface area contributed by atoms with Crippen LogP contribution in [0.4, 0.5) is 5.69 Å². The lowest BCUT2D eigenvalue weighted by Crippen LogP contribution is -2.52. The summed E-state index contributed by atoms with van der Waals surface area (Å²) >= 11 is 1.83. The number of nitrogens with one attached hydrogen (secondary N) is 1. The molecule has 2 saturated heterocycles. The molecule has 3 aliphatic rings. The van der Waals surface area contributed by atoms with Gasteiger partial charge in [-0.15, -0.1) is 11.3 Å². The Morgan fingerprint density at radius 2 is 1.97 bits per heavy atom. The number of hydrogen-bond acceptors (Lipinski definition) is 5. The van der Waals surface area contributed by atoms with Crippen molar-refractivity contribution in [2.75, 3.05) is 44.2 Å². The van der Waals surface area contributed by atoms with Crippen LogP contribution in [0.2, 0.25) is 0 Å². The zero-order chi connectivity index (χ0) is 21.9. The molecule has 5 rings (SSSR count). The first-order chi connectivity index (χ1) is 15.7. The monoisotopic (exact) mass is 455 g/mol. The molecule has 1 aromatic heterocycles. The molecule has 1 amide bonds. The summed E-state index contributed by atoms with van der Waals surface area (Å²) in [5.74, 6) is 1.08. The summed E-state index contributed by atoms with van der Waals surface area (Å²) in [5.41, 5.74) is 1.40. The maximum absolute atomic E-state index is 12.0. The third-order valence-electron chi connectivity index (χ3n) is 7.78. The highest BCUT2D eigenvalue weighted by Gasteiger charge is 2.37. The number of rotatable bonds is 7. The van der Waals surface area contributed by atoms with E-state index in [4.69, 9.17) is 4.74 Å². The van der Waals surface area contributed by atoms with Crippen LogP contribution in [-0.2, 0) is 9.53 Å². The Bertz CT molecular complexity index is 907. The molecule has 3 heterocycles. The van der Waals surface area contributed by atoms with Crippen molar-refractivity contribution in [1.82, 2.24) is 10.2 Å². The molecule has 174 valence electrons. The van der Waals surface area contributed by atoms with E-state index in [1.54, 1.807) is 0 Å². The number of fused-ring (bicyclic) bond motifs is 2. The van der Waals surface area contributed by atoms with Gasteiger partial charge in [0, 0.05) is 60.5 Å². The Labute approximate surface area is 196 Å². The van der Waals surface area contributed by atoms with Crippen molar-refractivity contribution in [3.63, 3.8) is 0 Å². The molecule has 1 saturated carbocycles. The van der Waals surface area contributed by atoms with Gasteiger partial charge in [0.1, 0.15) is 0 Å². The lowest BCUT2D eigenvalue weighted by molar-refractivity contribution is -0.130. The average molecular weight is 456 g/mol. The van der Waals surface area contributed by atoms with Crippen LogP contribution in [0.1, 0.15) is 45.4 Å². The largest absolute Gasteiger partial charge is 0.378 e. The lowest BCUT2D eigenvalue weighted by Gasteiger charge is -2.41. The smallest absolute Gasteiger partial charge is 0.223 e. The SMILES string of the molecule is CC1CC2CCC(OCCCCN3CCN(c4cccc5sccc45)CC3)CC2NC1=O. The molecule has 5 nitrogen and oxygen atoms in total. The summed E-state index contributed by atoms with van der Waals surface area (Å²) in [6.07, 6.45) is 7.07. The van der Waals surface area contributed by atoms with Gasteiger partial charge in [0.25, 0.3) is 0 Å². The zero-order valence-electron chi connectivity index (χ0n) is 19.3. The topological polar surface area (TPSA) is 44.8 Å². The number of carbonyl (C=O) groups excluding carboxylic acids is 1. The predicted octanol–water partition coefficient (Wildman–Crippen LogP) is 4.51. The number of piperazine rings is 1. The maximum Gasteiger partial charge on any atom is 0.223 e. The Morgan fingerprint density at radius 3 is 2.84 bits per heavy atom. The summed E-state index contributed by atoms with van der Waals surface area (Å²) in [5, 5.41) is 6.84. The lowest BCUT2D eigenvalue weighted by atomic mass is 9.75. The van der Waals surface area contributed by atoms with Gasteiger partial charge >= 0.3 is 0 Å². The zero-order valence-corrected chi connectivity index (χ0v) is 20.1. The third-order valence-corrected chi connectivity index (χ3v) is 8.67. The van der Waals surface area contributed by atoms with Crippen LogP contribution in [0.3, 0.4) is 0 Å². The minimum Gasteiger partial charge on any atom is -0.378 e. The van der Waals surface area contributed by atoms with Crippen molar-refractivity contribution in [3.05, 3.63) is 29.6 Å². The maximum atomic E-state index is 12.0. The summed E-state index contributed by atoms with van der Waals surface area (Å²) < 4.78 is 7.60. The Hall–Kier alpha value is -1.63. The van der Waals surface area contributed by atoms with Crippen molar-refractivity contribution in [2.24, 2.45) is 11.8 Å². The van der Waals surface area contributed by atoms with Gasteiger partial charge in [-0.05, 0) is 74.6 Å². The standard InChI is InChI=1S/C26H37N3O2S/c1-19-17-20-7-8-21(18-23(20)27-26(19)30)31-15-3-2-10-28-11-13-29(14-12-28)24-5-4-6-25-22(24)9-16-32-25/h4-6,9,16,19-21,23H,2-3,7-8,10-15,17-18H2,1H3,(H,27,30). The number of anilines is 1. The van der Waals surface area contributed by atoms with Gasteiger partial charge in [-0.3, -0.25) is 9.69 Å². The molecule has 1 aromatic carbocycles. The molecule has 2 aromatic rings. The Kier molecular flexibility index (Phi) is 7.00. The second-order valence-electron chi connectivity index (χ2n) is 9.96. The molecular weight excluding hydrogens is 418 g/mol. The van der Waals surface area contributed by atoms with E-state index in [0.717, 1.165) is 58.5 Å². The number of hydrogen-bond donors (Lipinski definition) is 1. The Morgan fingerprint density at radius 1 is 1.09 bits per heavy atom. The summed E-state index contributed by atoms with van der Waals surface area (Å²) in [6.45, 7) is 8.59. The molecule has 3 fully saturated rings. The van der Waals surface area contributed by atoms with Crippen molar-refractivity contribution >= 4 is 33.0 Å². The molecule has 32 heavy (non-hydrogen) atoms. The van der Waals surface area contributed by atoms with Gasteiger partial charge in [0.2, 0.25) is 5.91 Å². The van der Waals surface area contributed by atoms with Crippen LogP contribution in [0.15, 0.2) is 29.6 Å². The minimum absolute atomic E-state index is 0.180. The van der Waals surface area contributed by atoms with Gasteiger partial charge in [-0.2, -0.15) is 0 Å². The summed E-state index contributed by atoms with van der Waals surface area (Å²) in [7, 11) is 0. The quantitative estimate of drug-likeness (QED) is 0.624. The molecule has 0 bridgehead atoms. The third kappa shape index (κ3) is 4.97. The van der Waals surface area contributed by atoms with Crippen molar-refractivity contribution in [1.29, 1.82) is 0 Å². The fourth-order valence-electron chi connectivity index (χ4n) is 5.84. The van der Waals surface area contributed by atoms with Gasteiger partial charge < -0.3 is 15.0 Å². The van der Waals surface area contributed by atoms with E-state index in [0.29, 0.717) is 18.1 Å². The second kappa shape index (κ2) is 10.1. The van der Waals surface area contributed by atoms with Gasteiger partial charge in [0.15, 0.2) is 0 Å². The number of nitrogens with zero attached hydrogens (tertiary/aromatic N) is 2. The fourth-order valence-corrected chi connectivity index (χ4v) is 6.65. The number of benzene rings is 1. The highest BCUT2D eigenvalue weighted by molar-refractivity contribution is 7.17. The fraction of sp³-hybridized carbons (Fsp3) is 0.654. The van der Waals surface area contributed by atoms with E-state index in [1.807, 2.05) is 11.3 Å². The second-order valence-corrected chi connectivity index (χ2v) is 10.9. The van der Waals surface area contributed by atoms with Crippen LogP contribution < -0.4 is 10.2 Å². The van der Waals surface area contributed by atoms with Crippen LogP contribution in [-0.4, -0.2) is 62.3 Å². The first kappa shape index (κ1) is 22.2. The van der Waals surface area contributed by atoms with E-state index in [2.05, 4.69) is 51.7 Å². The molecule has 1 aliphatic carbocycles. The van der Waals surface area contributed by atoms with E-state index in [9.17, 15) is 4.79 Å². The first-order valence-corrected chi connectivity index (χ1v) is 13.4. The van der Waals surface area contributed by atoms with Gasteiger partial charge in [-0.1, -0.05) is 13.0 Å². The number of carbonyl (C=O) groups is 1. The molecule has 4 unspecified atom stereocenters. The average Bonchev–Trinajstić information content (AvgIpc) is 3.29. The predicted molar refractivity (Wildman–Crippen MR) is 133 cm³/mol. The van der Waals surface area contributed by atoms with E-state index < -0.39 is 0 Å². The number of unbranched alkanes of at least 4 members (excludes halogenated alkanes) is 1. The van der Waals surface area contributed by atoms with Crippen LogP contribution in [0.5, 0.6) is 0 Å². The van der Waals surface area contributed by atoms with Gasteiger partial charge in [0.05, 0.1) is 6.10 Å². The molecule has 4 atom stereocenters. The molecule has 6 heteroatoms. The first-order valence-electron chi connectivity index (χ1n) is 12.5. The number of piperidine rings is 1. The number of ether oxygens (including phenoxy) is 1. The van der Waals surface area contributed by atoms with Crippen LogP contribution in [0, 0.1) is 11.8 Å². The van der Waals surface area contributed by atoms with Gasteiger partial charge in [-0.25, -0.2) is 0 Å². The van der Waals surface area contributed by atoms with Crippen LogP contribution in [0.25, 0.3) is 10.1 Å². The van der Waals surface area contributed by atoms with Crippen molar-refractivity contribution in [3.8, 4) is 0 Å². The normalized spacial score (nSPS) is 29.2. The highest BCUT2D eigenvalue weighted by Crippen LogP contribution is 2.34. The Balaban J connectivity index is 0.981. The van der Waals surface area contributed by atoms with Crippen molar-refractivity contribution < 1.29 is 9.53 Å². The molecule has 0 radical (unpaired) electrons. The summed E-state index contributed by atoms with van der Waals surface area (Å²) in [4.78, 5) is 17.1. The molecule has 0 spiro atoms. The van der Waals surface area contributed by atoms with Crippen LogP contribution >= 0.6 is 11.3 Å². The van der Waals surface area contributed by atoms with E-state index >= 15 is 0 Å². The highest BCUT2D eigenvalue weighted by atomic mass is 32.1. The number of amides is 1. The van der Waals surface area contributed by atoms with E-state index in [-0.39, 0.29) is 11.8 Å². The number of thiophene rings is 1.